The van der Waals surface area contributed by atoms with Crippen LogP contribution in [0.1, 0.15) is 45.1 Å². The van der Waals surface area contributed by atoms with Gasteiger partial charge in [-0.15, -0.1) is 5.10 Å². The number of alkyl halides is 3. The van der Waals surface area contributed by atoms with Crippen molar-refractivity contribution in [2.24, 2.45) is 0 Å². The number of halogens is 3. The lowest BCUT2D eigenvalue weighted by Gasteiger charge is -2.26. The maximum atomic E-state index is 12.7. The SMILES string of the molecule is CCCN(CC(F)(F)F)c1n[nH]c(=S)n1C1CCCC1. The van der Waals surface area contributed by atoms with Gasteiger partial charge < -0.3 is 4.90 Å². The summed E-state index contributed by atoms with van der Waals surface area (Å²) in [6.45, 7) is 1.17. The van der Waals surface area contributed by atoms with Gasteiger partial charge in [-0.1, -0.05) is 19.8 Å². The lowest BCUT2D eigenvalue weighted by molar-refractivity contribution is -0.120. The molecule has 0 amide bonds. The lowest BCUT2D eigenvalue weighted by Crippen LogP contribution is -2.37. The second-order valence-corrected chi connectivity index (χ2v) is 5.56. The van der Waals surface area contributed by atoms with E-state index < -0.39 is 12.7 Å². The summed E-state index contributed by atoms with van der Waals surface area (Å²) in [5.74, 6) is 0.320. The first kappa shape index (κ1) is 15.3. The van der Waals surface area contributed by atoms with E-state index in [-0.39, 0.29) is 6.04 Å². The molecule has 1 heterocycles. The van der Waals surface area contributed by atoms with Crippen molar-refractivity contribution in [3.63, 3.8) is 0 Å². The van der Waals surface area contributed by atoms with E-state index in [0.717, 1.165) is 25.7 Å². The Balaban J connectivity index is 2.30. The van der Waals surface area contributed by atoms with Crippen molar-refractivity contribution in [1.82, 2.24) is 14.8 Å². The summed E-state index contributed by atoms with van der Waals surface area (Å²) >= 11 is 5.19. The van der Waals surface area contributed by atoms with Crippen molar-refractivity contribution in [2.45, 2.75) is 51.2 Å². The molecular weight excluding hydrogens is 289 g/mol. The van der Waals surface area contributed by atoms with Crippen LogP contribution in [0.2, 0.25) is 0 Å². The molecule has 4 nitrogen and oxygen atoms in total. The van der Waals surface area contributed by atoms with E-state index in [1.165, 1.54) is 4.90 Å². The summed E-state index contributed by atoms with van der Waals surface area (Å²) < 4.78 is 40.3. The average Bonchev–Trinajstić information content (AvgIpc) is 2.95. The molecule has 1 aromatic heterocycles. The molecule has 1 aliphatic carbocycles. The highest BCUT2D eigenvalue weighted by Crippen LogP contribution is 2.33. The molecule has 0 aromatic carbocycles. The number of anilines is 1. The predicted octanol–water partition coefficient (Wildman–Crippen LogP) is 3.83. The van der Waals surface area contributed by atoms with Gasteiger partial charge in [0.2, 0.25) is 5.95 Å². The number of H-pyrrole nitrogens is 1. The normalized spacial score (nSPS) is 16.8. The standard InChI is InChI=1S/C12H19F3N4S/c1-2-7-18(8-12(13,14)15)10-16-17-11(20)19(10)9-5-3-4-6-9/h9H,2-8H2,1H3,(H,17,20). The fourth-order valence-corrected chi connectivity index (χ4v) is 3.02. The molecule has 1 aromatic rings. The summed E-state index contributed by atoms with van der Waals surface area (Å²) in [7, 11) is 0. The molecule has 114 valence electrons. The van der Waals surface area contributed by atoms with Crippen LogP contribution in [0.25, 0.3) is 0 Å². The smallest absolute Gasteiger partial charge is 0.332 e. The van der Waals surface area contributed by atoms with Crippen LogP contribution in [0.5, 0.6) is 0 Å². The molecule has 0 atom stereocenters. The van der Waals surface area contributed by atoms with E-state index in [2.05, 4.69) is 10.2 Å². The molecule has 1 N–H and O–H groups in total. The minimum Gasteiger partial charge on any atom is -0.332 e. The molecule has 0 radical (unpaired) electrons. The van der Waals surface area contributed by atoms with Crippen LogP contribution in [0.4, 0.5) is 19.1 Å². The average molecular weight is 308 g/mol. The maximum absolute atomic E-state index is 12.7. The topological polar surface area (TPSA) is 36.9 Å². The number of hydrogen-bond donors (Lipinski definition) is 1. The first-order valence-corrected chi connectivity index (χ1v) is 7.32. The molecule has 1 saturated carbocycles. The highest BCUT2D eigenvalue weighted by atomic mass is 32.1. The molecule has 1 aliphatic rings. The van der Waals surface area contributed by atoms with Crippen LogP contribution in [0.3, 0.4) is 0 Å². The molecule has 0 spiro atoms. The minimum absolute atomic E-state index is 0.170. The van der Waals surface area contributed by atoms with Gasteiger partial charge >= 0.3 is 6.18 Å². The first-order chi connectivity index (χ1) is 9.42. The number of nitrogens with zero attached hydrogens (tertiary/aromatic N) is 3. The van der Waals surface area contributed by atoms with E-state index >= 15 is 0 Å². The number of rotatable bonds is 5. The Hall–Kier alpha value is -1.05. The van der Waals surface area contributed by atoms with Crippen LogP contribution in [-0.2, 0) is 0 Å². The Kier molecular flexibility index (Phi) is 4.72. The highest BCUT2D eigenvalue weighted by molar-refractivity contribution is 7.71. The summed E-state index contributed by atoms with van der Waals surface area (Å²) in [6, 6.07) is 0.170. The summed E-state index contributed by atoms with van der Waals surface area (Å²) in [5.41, 5.74) is 0. The van der Waals surface area contributed by atoms with E-state index in [9.17, 15) is 13.2 Å². The second-order valence-electron chi connectivity index (χ2n) is 5.17. The van der Waals surface area contributed by atoms with Gasteiger partial charge in [0.05, 0.1) is 0 Å². The Bertz CT molecular complexity index is 488. The van der Waals surface area contributed by atoms with Gasteiger partial charge in [0.15, 0.2) is 4.77 Å². The van der Waals surface area contributed by atoms with Crippen LogP contribution < -0.4 is 4.90 Å². The molecule has 0 saturated heterocycles. The summed E-state index contributed by atoms with van der Waals surface area (Å²) in [5, 5.41) is 6.68. The third-order valence-corrected chi connectivity index (χ3v) is 3.81. The van der Waals surface area contributed by atoms with Crippen LogP contribution in [0, 0.1) is 4.77 Å². The maximum Gasteiger partial charge on any atom is 0.406 e. The fourth-order valence-electron chi connectivity index (χ4n) is 2.75. The number of aromatic nitrogens is 3. The third kappa shape index (κ3) is 3.53. The molecule has 1 fully saturated rings. The van der Waals surface area contributed by atoms with Crippen molar-refractivity contribution in [3.05, 3.63) is 4.77 Å². The van der Waals surface area contributed by atoms with Crippen molar-refractivity contribution < 1.29 is 13.2 Å². The number of aromatic amines is 1. The molecule has 0 unspecified atom stereocenters. The monoisotopic (exact) mass is 308 g/mol. The van der Waals surface area contributed by atoms with Gasteiger partial charge in [-0.05, 0) is 31.5 Å². The van der Waals surface area contributed by atoms with Crippen molar-refractivity contribution in [2.75, 3.05) is 18.0 Å². The second kappa shape index (κ2) is 6.15. The first-order valence-electron chi connectivity index (χ1n) is 6.91. The largest absolute Gasteiger partial charge is 0.406 e. The van der Waals surface area contributed by atoms with E-state index in [0.29, 0.717) is 23.7 Å². The lowest BCUT2D eigenvalue weighted by atomic mass is 10.2. The van der Waals surface area contributed by atoms with Crippen molar-refractivity contribution >= 4 is 18.2 Å². The zero-order valence-corrected chi connectivity index (χ0v) is 12.2. The molecule has 0 aliphatic heterocycles. The molecule has 0 bridgehead atoms. The van der Waals surface area contributed by atoms with Crippen LogP contribution in [0.15, 0.2) is 0 Å². The van der Waals surface area contributed by atoms with Crippen LogP contribution >= 0.6 is 12.2 Å². The van der Waals surface area contributed by atoms with E-state index in [4.69, 9.17) is 12.2 Å². The van der Waals surface area contributed by atoms with Gasteiger partial charge in [-0.3, -0.25) is 4.57 Å². The van der Waals surface area contributed by atoms with Crippen LogP contribution in [-0.4, -0.2) is 34.0 Å². The summed E-state index contributed by atoms with van der Waals surface area (Å²) in [4.78, 5) is 1.27. The third-order valence-electron chi connectivity index (χ3n) is 3.52. The van der Waals surface area contributed by atoms with Gasteiger partial charge in [-0.2, -0.15) is 13.2 Å². The van der Waals surface area contributed by atoms with Gasteiger partial charge in [0.1, 0.15) is 6.54 Å². The molecule has 20 heavy (non-hydrogen) atoms. The van der Waals surface area contributed by atoms with Crippen molar-refractivity contribution in [1.29, 1.82) is 0 Å². The predicted molar refractivity (Wildman–Crippen MR) is 73.5 cm³/mol. The quantitative estimate of drug-likeness (QED) is 0.840. The molecule has 8 heteroatoms. The Morgan fingerprint density at radius 3 is 2.60 bits per heavy atom. The van der Waals surface area contributed by atoms with Crippen molar-refractivity contribution in [3.8, 4) is 0 Å². The Morgan fingerprint density at radius 1 is 1.40 bits per heavy atom. The number of hydrogen-bond acceptors (Lipinski definition) is 3. The number of nitrogens with one attached hydrogen (secondary N) is 1. The molecular formula is C12H19F3N4S. The zero-order valence-electron chi connectivity index (χ0n) is 11.4. The van der Waals surface area contributed by atoms with E-state index in [1.807, 2.05) is 6.92 Å². The highest BCUT2D eigenvalue weighted by Gasteiger charge is 2.33. The molecule has 2 rings (SSSR count). The fraction of sp³-hybridized carbons (Fsp3) is 0.833. The van der Waals surface area contributed by atoms with Gasteiger partial charge in [0, 0.05) is 12.6 Å². The van der Waals surface area contributed by atoms with Gasteiger partial charge in [0.25, 0.3) is 0 Å². The zero-order chi connectivity index (χ0) is 14.8. The van der Waals surface area contributed by atoms with Gasteiger partial charge in [-0.25, -0.2) is 5.10 Å². The van der Waals surface area contributed by atoms with E-state index in [1.54, 1.807) is 4.57 Å². The Morgan fingerprint density at radius 2 is 2.05 bits per heavy atom. The minimum atomic E-state index is -4.25. The Labute approximate surface area is 121 Å². The summed E-state index contributed by atoms with van der Waals surface area (Å²) in [6.07, 6.45) is 0.456.